The van der Waals surface area contributed by atoms with Crippen molar-refractivity contribution < 1.29 is 20.4 Å². The Bertz CT molecular complexity index is 128. The van der Waals surface area contributed by atoms with Gasteiger partial charge in [-0.1, -0.05) is 0 Å². The molecule has 0 aliphatic rings. The number of rotatable bonds is 7. The number of unbranched alkanes of at least 4 members (excludes halogenated alkanes) is 1. The first-order valence-electron chi connectivity index (χ1n) is 4.48. The van der Waals surface area contributed by atoms with E-state index in [-0.39, 0.29) is 23.6 Å². The Labute approximate surface area is 97.3 Å². The van der Waals surface area contributed by atoms with Gasteiger partial charge in [0.15, 0.2) is 0 Å². The molecule has 4 nitrogen and oxygen atoms in total. The van der Waals surface area contributed by atoms with E-state index in [1.165, 1.54) is 0 Å². The molecule has 88 valence electrons. The monoisotopic (exact) mass is 290 g/mol. The Morgan fingerprint density at radius 2 is 1.57 bits per heavy atom. The fraction of sp³-hybridized carbons (Fsp3) is 1.00. The van der Waals surface area contributed by atoms with Crippen LogP contribution in [0.15, 0.2) is 0 Å². The lowest BCUT2D eigenvalue weighted by molar-refractivity contribution is -0.0535. The second kappa shape index (κ2) is 10.3. The molecule has 0 amide bonds. The van der Waals surface area contributed by atoms with Gasteiger partial charge >= 0.3 is 0 Å². The zero-order valence-corrected chi connectivity index (χ0v) is 10.9. The van der Waals surface area contributed by atoms with Gasteiger partial charge in [-0.15, -0.1) is 26.2 Å². The van der Waals surface area contributed by atoms with Crippen LogP contribution < -0.4 is 0 Å². The van der Waals surface area contributed by atoms with Crippen LogP contribution in [0.3, 0.4) is 0 Å². The summed E-state index contributed by atoms with van der Waals surface area (Å²) in [6, 6.07) is 0. The maximum absolute atomic E-state index is 9.34. The third-order valence-electron chi connectivity index (χ3n) is 1.94. The van der Waals surface area contributed by atoms with Gasteiger partial charge in [0.1, 0.15) is 6.10 Å². The van der Waals surface area contributed by atoms with Gasteiger partial charge < -0.3 is 20.4 Å². The van der Waals surface area contributed by atoms with E-state index in [0.29, 0.717) is 25.4 Å². The summed E-state index contributed by atoms with van der Waals surface area (Å²) < 4.78 is 0. The fourth-order valence-electron chi connectivity index (χ4n) is 1.03. The van der Waals surface area contributed by atoms with Crippen LogP contribution in [-0.4, -0.2) is 51.5 Å². The first kappa shape index (κ1) is 17.2. The first-order chi connectivity index (χ1) is 6.13. The average Bonchev–Trinajstić information content (AvgIpc) is 2.15. The maximum Gasteiger partial charge on any atom is 0.106 e. The van der Waals surface area contributed by atoms with Crippen LogP contribution >= 0.6 is 26.2 Å². The van der Waals surface area contributed by atoms with Gasteiger partial charge in [0, 0.05) is 6.61 Å². The lowest BCUT2D eigenvalue weighted by Gasteiger charge is -2.21. The van der Waals surface area contributed by atoms with E-state index < -0.39 is 18.3 Å². The highest BCUT2D eigenvalue weighted by atomic mass is 79.9. The predicted octanol–water partition coefficient (Wildman–Crippen LogP) is -0.315. The number of hydrogen-bond donors (Lipinski definition) is 4. The highest BCUT2D eigenvalue weighted by Crippen LogP contribution is 2.09. The van der Waals surface area contributed by atoms with E-state index >= 15 is 0 Å². The second-order valence-electron chi connectivity index (χ2n) is 3.08. The minimum absolute atomic E-state index is 0. The molecule has 0 aliphatic heterocycles. The topological polar surface area (TPSA) is 80.9 Å². The largest absolute Gasteiger partial charge is 0.396 e. The molecule has 0 heterocycles. The van der Waals surface area contributed by atoms with Crippen LogP contribution in [0.2, 0.25) is 0 Å². The predicted molar refractivity (Wildman–Crippen MR) is 63.9 cm³/mol. The quantitative estimate of drug-likeness (QED) is 0.383. The number of halogens is 1. The van der Waals surface area contributed by atoms with Crippen LogP contribution in [0.25, 0.3) is 0 Å². The zero-order valence-electron chi connectivity index (χ0n) is 8.04. The van der Waals surface area contributed by atoms with Crippen molar-refractivity contribution in [2.45, 2.75) is 37.6 Å². The minimum Gasteiger partial charge on any atom is -0.396 e. The number of hydrogen-bond acceptors (Lipinski definition) is 4. The van der Waals surface area contributed by atoms with Crippen molar-refractivity contribution in [3.05, 3.63) is 0 Å². The molecule has 14 heavy (non-hydrogen) atoms. The average molecular weight is 291 g/mol. The summed E-state index contributed by atoms with van der Waals surface area (Å²) in [6.07, 6.45) is -0.867. The van der Waals surface area contributed by atoms with E-state index in [1.807, 2.05) is 0 Å². The number of aliphatic hydroxyl groups is 4. The Morgan fingerprint density at radius 3 is 2.00 bits per heavy atom. The summed E-state index contributed by atoms with van der Waals surface area (Å²) in [5, 5.41) is 36.3. The van der Waals surface area contributed by atoms with Crippen molar-refractivity contribution in [2.24, 2.45) is 0 Å². The molecule has 0 radical (unpaired) electrons. The molecule has 0 bridgehead atoms. The van der Waals surface area contributed by atoms with Gasteiger partial charge in [-0.25, -0.2) is 0 Å². The van der Waals surface area contributed by atoms with E-state index in [2.05, 4.69) is 9.24 Å². The smallest absolute Gasteiger partial charge is 0.106 e. The Balaban J connectivity index is 0. The summed E-state index contributed by atoms with van der Waals surface area (Å²) >= 11 is 0. The zero-order chi connectivity index (χ0) is 10.3. The molecule has 0 rings (SSSR count). The Kier molecular flexibility index (Phi) is 12.6. The van der Waals surface area contributed by atoms with Crippen LogP contribution in [0.5, 0.6) is 0 Å². The molecule has 0 spiro atoms. The molecule has 6 heteroatoms. The van der Waals surface area contributed by atoms with Crippen molar-refractivity contribution in [1.29, 1.82) is 0 Å². The van der Waals surface area contributed by atoms with Gasteiger partial charge in [0.05, 0.1) is 12.2 Å². The minimum atomic E-state index is -1.09. The Hall–Kier alpha value is 0.750. The van der Waals surface area contributed by atoms with E-state index in [9.17, 15) is 15.3 Å². The van der Waals surface area contributed by atoms with Gasteiger partial charge in [0.25, 0.3) is 0 Å². The van der Waals surface area contributed by atoms with Gasteiger partial charge in [-0.05, 0) is 25.4 Å². The molecule has 0 aliphatic carbocycles. The van der Waals surface area contributed by atoms with Gasteiger partial charge in [0.2, 0.25) is 0 Å². The first-order valence-corrected chi connectivity index (χ1v) is 5.30. The van der Waals surface area contributed by atoms with Crippen LogP contribution in [0, 0.1) is 0 Å². The van der Waals surface area contributed by atoms with E-state index in [0.717, 1.165) is 0 Å². The van der Waals surface area contributed by atoms with Crippen LogP contribution in [-0.2, 0) is 0 Å². The summed E-state index contributed by atoms with van der Waals surface area (Å²) in [6.45, 7) is 0.0923. The molecule has 0 saturated heterocycles. The van der Waals surface area contributed by atoms with Crippen LogP contribution in [0.4, 0.5) is 0 Å². The van der Waals surface area contributed by atoms with E-state index in [4.69, 9.17) is 5.11 Å². The maximum atomic E-state index is 9.34. The van der Waals surface area contributed by atoms with Crippen molar-refractivity contribution >= 4 is 26.2 Å². The highest BCUT2D eigenvalue weighted by molar-refractivity contribution is 8.93. The molecule has 0 saturated carbocycles. The Morgan fingerprint density at radius 1 is 1.00 bits per heavy atom. The molecule has 0 aromatic heterocycles. The molecule has 0 aromatic rings. The third kappa shape index (κ3) is 7.10. The molecular weight excluding hydrogens is 271 g/mol. The summed E-state index contributed by atoms with van der Waals surface area (Å²) in [5.74, 6) is 0. The SMILES string of the molecule is Br.OCCCCC(O)C(O)C(O)CP. The number of aliphatic hydroxyl groups excluding tert-OH is 4. The van der Waals surface area contributed by atoms with Crippen molar-refractivity contribution in [1.82, 2.24) is 0 Å². The molecule has 4 N–H and O–H groups in total. The lowest BCUT2D eigenvalue weighted by Crippen LogP contribution is -2.38. The molecule has 4 unspecified atom stereocenters. The second-order valence-corrected chi connectivity index (χ2v) is 3.55. The van der Waals surface area contributed by atoms with Crippen molar-refractivity contribution in [3.63, 3.8) is 0 Å². The van der Waals surface area contributed by atoms with E-state index in [1.54, 1.807) is 0 Å². The highest BCUT2D eigenvalue weighted by Gasteiger charge is 2.22. The van der Waals surface area contributed by atoms with Gasteiger partial charge in [-0.2, -0.15) is 0 Å². The molecule has 0 aromatic carbocycles. The van der Waals surface area contributed by atoms with Gasteiger partial charge in [-0.3, -0.25) is 0 Å². The summed E-state index contributed by atoms with van der Waals surface area (Å²) in [7, 11) is 2.30. The lowest BCUT2D eigenvalue weighted by atomic mass is 10.0. The normalized spacial score (nSPS) is 16.9. The van der Waals surface area contributed by atoms with Crippen molar-refractivity contribution in [2.75, 3.05) is 12.8 Å². The fourth-order valence-corrected chi connectivity index (χ4v) is 1.31. The summed E-state index contributed by atoms with van der Waals surface area (Å²) in [4.78, 5) is 0. The molecular formula is C8H20BrO4P. The standard InChI is InChI=1S/C8H19O4P.BrH/c9-4-2-1-3-6(10)8(12)7(11)5-13;/h6-12H,1-5,13H2;1H. The molecule has 4 atom stereocenters. The van der Waals surface area contributed by atoms with Crippen molar-refractivity contribution in [3.8, 4) is 0 Å². The molecule has 0 fully saturated rings. The van der Waals surface area contributed by atoms with Crippen LogP contribution in [0.1, 0.15) is 19.3 Å². The summed E-state index contributed by atoms with van der Waals surface area (Å²) in [5.41, 5.74) is 0. The third-order valence-corrected chi connectivity index (χ3v) is 2.42.